The minimum Gasteiger partial charge on any atom is -0.492 e. The average Bonchev–Trinajstić information content (AvgIpc) is 3.44. The average molecular weight is 476 g/mol. The summed E-state index contributed by atoms with van der Waals surface area (Å²) in [6.45, 7) is 1.51. The molecule has 1 saturated carbocycles. The molecule has 2 aliphatic rings. The molecule has 12 heteroatoms. The van der Waals surface area contributed by atoms with Gasteiger partial charge in [-0.3, -0.25) is 14.3 Å². The normalized spacial score (nSPS) is 20.0. The Balaban J connectivity index is 1.82. The molecule has 2 fully saturated rings. The number of halogens is 5. The second kappa shape index (κ2) is 8.62. The van der Waals surface area contributed by atoms with E-state index in [1.807, 2.05) is 0 Å². The molecule has 33 heavy (non-hydrogen) atoms. The van der Waals surface area contributed by atoms with Crippen LogP contribution in [-0.2, 0) is 0 Å². The van der Waals surface area contributed by atoms with Crippen molar-refractivity contribution < 1.29 is 26.7 Å². The van der Waals surface area contributed by atoms with E-state index in [1.165, 1.54) is 23.5 Å². The summed E-state index contributed by atoms with van der Waals surface area (Å²) in [7, 11) is 1.28. The largest absolute Gasteiger partial charge is 0.492 e. The number of hydrogen-bond donors (Lipinski definition) is 2. The standard InChI is InChI=1S/C21H25F5N4O3/c1-8-11-15(30(10-3-4-10)21(32)28-20(11)31)17(33-2)16(13(8)22)29-6-5-9(7-29)14(27)12(18(23)24)19(25)26/h9-10,12,14,18-19H,3-7,27H2,1-2H3,(H,28,31,32). The summed E-state index contributed by atoms with van der Waals surface area (Å²) in [5, 5.41) is -0.0116. The molecule has 1 aromatic heterocycles. The minimum absolute atomic E-state index is 0.00207. The lowest BCUT2D eigenvalue weighted by molar-refractivity contribution is -0.0464. The molecule has 2 heterocycles. The first-order valence-electron chi connectivity index (χ1n) is 10.7. The Bertz CT molecular complexity index is 1170. The molecule has 0 amide bonds. The Morgan fingerprint density at radius 1 is 1.12 bits per heavy atom. The lowest BCUT2D eigenvalue weighted by Gasteiger charge is -2.29. The fourth-order valence-electron chi connectivity index (χ4n) is 4.84. The number of aryl methyl sites for hydroxylation is 1. The fraction of sp³-hybridized carbons (Fsp3) is 0.619. The van der Waals surface area contributed by atoms with Gasteiger partial charge in [-0.25, -0.2) is 26.7 Å². The first kappa shape index (κ1) is 23.5. The van der Waals surface area contributed by atoms with Crippen molar-refractivity contribution in [2.24, 2.45) is 17.6 Å². The van der Waals surface area contributed by atoms with Gasteiger partial charge in [0.15, 0.2) is 11.6 Å². The van der Waals surface area contributed by atoms with Crippen molar-refractivity contribution in [2.45, 2.75) is 51.1 Å². The van der Waals surface area contributed by atoms with E-state index in [9.17, 15) is 27.2 Å². The van der Waals surface area contributed by atoms with Gasteiger partial charge in [-0.2, -0.15) is 0 Å². The highest BCUT2D eigenvalue weighted by Gasteiger charge is 2.43. The lowest BCUT2D eigenvalue weighted by Crippen LogP contribution is -2.45. The molecule has 182 valence electrons. The van der Waals surface area contributed by atoms with Crippen molar-refractivity contribution in [3.05, 3.63) is 32.2 Å². The second-order valence-corrected chi connectivity index (χ2v) is 8.72. The first-order valence-corrected chi connectivity index (χ1v) is 10.7. The van der Waals surface area contributed by atoms with Crippen LogP contribution >= 0.6 is 0 Å². The molecule has 1 aromatic carbocycles. The van der Waals surface area contributed by atoms with E-state index < -0.39 is 47.8 Å². The highest BCUT2D eigenvalue weighted by atomic mass is 19.3. The Labute approximate surface area is 185 Å². The zero-order chi connectivity index (χ0) is 24.2. The molecule has 2 unspecified atom stereocenters. The molecule has 3 N–H and O–H groups in total. The molecular formula is C21H25F5N4O3. The molecule has 1 aliphatic carbocycles. The summed E-state index contributed by atoms with van der Waals surface area (Å²) in [6.07, 6.45) is -4.97. The van der Waals surface area contributed by atoms with Gasteiger partial charge in [0.1, 0.15) is 11.2 Å². The Morgan fingerprint density at radius 3 is 2.30 bits per heavy atom. The van der Waals surface area contributed by atoms with Gasteiger partial charge in [0.25, 0.3) is 5.56 Å². The number of alkyl halides is 4. The van der Waals surface area contributed by atoms with E-state index in [1.54, 1.807) is 0 Å². The maximum absolute atomic E-state index is 15.6. The highest BCUT2D eigenvalue weighted by Crippen LogP contribution is 2.45. The number of nitrogens with zero attached hydrogens (tertiary/aromatic N) is 2. The predicted octanol–water partition coefficient (Wildman–Crippen LogP) is 2.78. The molecular weight excluding hydrogens is 451 g/mol. The van der Waals surface area contributed by atoms with E-state index >= 15 is 4.39 Å². The van der Waals surface area contributed by atoms with Crippen LogP contribution in [0.4, 0.5) is 27.6 Å². The van der Waals surface area contributed by atoms with Crippen molar-refractivity contribution in [1.82, 2.24) is 9.55 Å². The van der Waals surface area contributed by atoms with Crippen molar-refractivity contribution >= 4 is 16.6 Å². The summed E-state index contributed by atoms with van der Waals surface area (Å²) >= 11 is 0. The molecule has 2 atom stereocenters. The van der Waals surface area contributed by atoms with Crippen LogP contribution in [0.3, 0.4) is 0 Å². The number of nitrogens with two attached hydrogens (primary N) is 1. The number of methoxy groups -OCH3 is 1. The van der Waals surface area contributed by atoms with Gasteiger partial charge in [0, 0.05) is 30.7 Å². The third-order valence-corrected chi connectivity index (χ3v) is 6.71. The zero-order valence-electron chi connectivity index (χ0n) is 18.1. The van der Waals surface area contributed by atoms with Crippen LogP contribution in [0, 0.1) is 24.6 Å². The monoisotopic (exact) mass is 476 g/mol. The zero-order valence-corrected chi connectivity index (χ0v) is 18.1. The molecule has 0 bridgehead atoms. The summed E-state index contributed by atoms with van der Waals surface area (Å²) in [5.41, 5.74) is 4.55. The van der Waals surface area contributed by atoms with Crippen molar-refractivity contribution in [3.63, 3.8) is 0 Å². The van der Waals surface area contributed by atoms with Gasteiger partial charge in [0.05, 0.1) is 18.4 Å². The van der Waals surface area contributed by atoms with Crippen LogP contribution < -0.4 is 26.6 Å². The number of benzene rings is 1. The van der Waals surface area contributed by atoms with E-state index in [4.69, 9.17) is 10.5 Å². The van der Waals surface area contributed by atoms with Crippen LogP contribution in [0.15, 0.2) is 9.59 Å². The number of aromatic amines is 1. The SMILES string of the molecule is COc1c(N2CCC(C(N)C(C(F)F)C(F)F)C2)c(F)c(C)c2c(=O)[nH]c(=O)n(C3CC3)c12. The number of nitrogens with one attached hydrogen (secondary N) is 1. The van der Waals surface area contributed by atoms with Crippen LogP contribution in [0.5, 0.6) is 5.75 Å². The fourth-order valence-corrected chi connectivity index (χ4v) is 4.84. The second-order valence-electron chi connectivity index (χ2n) is 8.72. The van der Waals surface area contributed by atoms with Gasteiger partial charge >= 0.3 is 5.69 Å². The maximum atomic E-state index is 15.6. The number of hydrogen-bond acceptors (Lipinski definition) is 5. The van der Waals surface area contributed by atoms with Crippen molar-refractivity contribution in [1.29, 1.82) is 0 Å². The Kier molecular flexibility index (Phi) is 6.14. The smallest absolute Gasteiger partial charge is 0.329 e. The molecule has 2 aromatic rings. The molecule has 1 saturated heterocycles. The van der Waals surface area contributed by atoms with Gasteiger partial charge in [0.2, 0.25) is 12.9 Å². The minimum atomic E-state index is -3.29. The van der Waals surface area contributed by atoms with E-state index in [-0.39, 0.29) is 53.5 Å². The summed E-state index contributed by atoms with van der Waals surface area (Å²) < 4.78 is 75.1. The van der Waals surface area contributed by atoms with Gasteiger partial charge in [-0.05, 0) is 32.1 Å². The summed E-state index contributed by atoms with van der Waals surface area (Å²) in [5.74, 6) is -3.82. The van der Waals surface area contributed by atoms with Gasteiger partial charge in [-0.15, -0.1) is 0 Å². The number of H-pyrrole nitrogens is 1. The Morgan fingerprint density at radius 2 is 1.76 bits per heavy atom. The van der Waals surface area contributed by atoms with Crippen LogP contribution in [0.1, 0.15) is 30.9 Å². The molecule has 4 rings (SSSR count). The number of fused-ring (bicyclic) bond motifs is 1. The van der Waals surface area contributed by atoms with Crippen LogP contribution in [0.2, 0.25) is 0 Å². The van der Waals surface area contributed by atoms with Crippen LogP contribution in [-0.4, -0.2) is 48.6 Å². The van der Waals surface area contributed by atoms with Gasteiger partial charge in [-0.1, -0.05) is 0 Å². The van der Waals surface area contributed by atoms with E-state index in [0.717, 1.165) is 0 Å². The number of ether oxygens (including phenoxy) is 1. The first-order chi connectivity index (χ1) is 15.6. The highest BCUT2D eigenvalue weighted by molar-refractivity contribution is 5.93. The Hall–Kier alpha value is -2.63. The quantitative estimate of drug-likeness (QED) is 0.600. The predicted molar refractivity (Wildman–Crippen MR) is 112 cm³/mol. The maximum Gasteiger partial charge on any atom is 0.329 e. The van der Waals surface area contributed by atoms with Crippen LogP contribution in [0.25, 0.3) is 10.9 Å². The summed E-state index contributed by atoms with van der Waals surface area (Å²) in [6, 6.07) is -1.65. The van der Waals surface area contributed by atoms with Crippen molar-refractivity contribution in [3.8, 4) is 5.75 Å². The topological polar surface area (TPSA) is 93.3 Å². The molecule has 7 nitrogen and oxygen atoms in total. The third-order valence-electron chi connectivity index (χ3n) is 6.71. The molecule has 1 aliphatic heterocycles. The van der Waals surface area contributed by atoms with E-state index in [0.29, 0.717) is 12.8 Å². The third kappa shape index (κ3) is 3.87. The van der Waals surface area contributed by atoms with Crippen molar-refractivity contribution in [2.75, 3.05) is 25.1 Å². The number of anilines is 1. The van der Waals surface area contributed by atoms with E-state index in [2.05, 4.69) is 4.98 Å². The van der Waals surface area contributed by atoms with Gasteiger partial charge < -0.3 is 15.4 Å². The lowest BCUT2D eigenvalue weighted by atomic mass is 9.88. The number of aromatic nitrogens is 2. The number of rotatable bonds is 7. The molecule has 0 radical (unpaired) electrons. The molecule has 0 spiro atoms. The summed E-state index contributed by atoms with van der Waals surface area (Å²) in [4.78, 5) is 28.8.